The summed E-state index contributed by atoms with van der Waals surface area (Å²) in [5.74, 6) is -1.28. The van der Waals surface area contributed by atoms with E-state index in [1.54, 1.807) is 24.3 Å². The van der Waals surface area contributed by atoms with Crippen molar-refractivity contribution in [2.24, 2.45) is 0 Å². The van der Waals surface area contributed by atoms with E-state index >= 15 is 0 Å². The molecule has 1 aliphatic rings. The molecule has 29 heavy (non-hydrogen) atoms. The summed E-state index contributed by atoms with van der Waals surface area (Å²) < 4.78 is 0. The van der Waals surface area contributed by atoms with Crippen molar-refractivity contribution >= 4 is 39.9 Å². The minimum absolute atomic E-state index is 0.209. The van der Waals surface area contributed by atoms with Gasteiger partial charge in [0.15, 0.2) is 0 Å². The van der Waals surface area contributed by atoms with E-state index in [1.807, 2.05) is 30.3 Å². The quantitative estimate of drug-likeness (QED) is 0.600. The van der Waals surface area contributed by atoms with Crippen LogP contribution in [0.1, 0.15) is 27.3 Å². The lowest BCUT2D eigenvalue weighted by molar-refractivity contribution is -0.122. The van der Waals surface area contributed by atoms with Gasteiger partial charge in [0.1, 0.15) is 11.0 Å². The van der Waals surface area contributed by atoms with Crippen molar-refractivity contribution in [1.29, 1.82) is 0 Å². The molecule has 1 aliphatic heterocycles. The SMILES string of the molecule is O=C(CC1NC(=O)c2ccccc2NC1=O)Nc1nnc(Cc2ccccc2)s1. The van der Waals surface area contributed by atoms with Gasteiger partial charge in [-0.25, -0.2) is 0 Å². The van der Waals surface area contributed by atoms with Crippen molar-refractivity contribution in [3.8, 4) is 0 Å². The minimum Gasteiger partial charge on any atom is -0.340 e. The molecule has 1 unspecified atom stereocenters. The number of benzene rings is 2. The van der Waals surface area contributed by atoms with E-state index in [9.17, 15) is 14.4 Å². The monoisotopic (exact) mass is 407 g/mol. The highest BCUT2D eigenvalue weighted by Crippen LogP contribution is 2.21. The number of anilines is 2. The molecule has 146 valence electrons. The zero-order valence-corrected chi connectivity index (χ0v) is 16.0. The van der Waals surface area contributed by atoms with Gasteiger partial charge in [0.25, 0.3) is 5.91 Å². The van der Waals surface area contributed by atoms with Crippen molar-refractivity contribution < 1.29 is 14.4 Å². The van der Waals surface area contributed by atoms with Crippen LogP contribution in [0.5, 0.6) is 0 Å². The second kappa shape index (κ2) is 8.19. The average molecular weight is 407 g/mol. The van der Waals surface area contributed by atoms with Crippen LogP contribution in [-0.4, -0.2) is 34.0 Å². The molecule has 0 saturated heterocycles. The Morgan fingerprint density at radius 2 is 1.79 bits per heavy atom. The highest BCUT2D eigenvalue weighted by molar-refractivity contribution is 7.15. The number of nitrogens with one attached hydrogen (secondary N) is 3. The Morgan fingerprint density at radius 1 is 1.03 bits per heavy atom. The first kappa shape index (κ1) is 18.8. The Bertz CT molecular complexity index is 1070. The number of carbonyl (C=O) groups is 3. The number of hydrogen-bond acceptors (Lipinski definition) is 6. The summed E-state index contributed by atoms with van der Waals surface area (Å²) in [4.78, 5) is 37.1. The first-order chi connectivity index (χ1) is 14.1. The summed E-state index contributed by atoms with van der Waals surface area (Å²) in [5.41, 5.74) is 1.88. The third-order valence-electron chi connectivity index (χ3n) is 4.35. The number of hydrogen-bond donors (Lipinski definition) is 3. The molecular formula is C20H17N5O3S. The maximum absolute atomic E-state index is 12.4. The van der Waals surface area contributed by atoms with E-state index in [0.717, 1.165) is 10.6 Å². The van der Waals surface area contributed by atoms with Crippen LogP contribution in [-0.2, 0) is 16.0 Å². The Kier molecular flexibility index (Phi) is 5.30. The Balaban J connectivity index is 1.37. The van der Waals surface area contributed by atoms with Crippen LogP contribution in [0, 0.1) is 0 Å². The molecule has 1 aromatic heterocycles. The summed E-state index contributed by atoms with van der Waals surface area (Å²) in [6.45, 7) is 0. The maximum atomic E-state index is 12.4. The van der Waals surface area contributed by atoms with Gasteiger partial charge in [0, 0.05) is 6.42 Å². The summed E-state index contributed by atoms with van der Waals surface area (Å²) in [6, 6.07) is 15.5. The third-order valence-corrected chi connectivity index (χ3v) is 5.19. The molecule has 8 nitrogen and oxygen atoms in total. The van der Waals surface area contributed by atoms with Crippen molar-refractivity contribution in [3.63, 3.8) is 0 Å². The summed E-state index contributed by atoms with van der Waals surface area (Å²) in [5, 5.41) is 17.1. The highest BCUT2D eigenvalue weighted by atomic mass is 32.1. The lowest BCUT2D eigenvalue weighted by atomic mass is 10.1. The molecule has 3 amide bonds. The zero-order chi connectivity index (χ0) is 20.2. The lowest BCUT2D eigenvalue weighted by Gasteiger charge is -2.13. The van der Waals surface area contributed by atoms with Gasteiger partial charge in [-0.05, 0) is 17.7 Å². The molecular weight excluding hydrogens is 390 g/mol. The smallest absolute Gasteiger partial charge is 0.254 e. The summed E-state index contributed by atoms with van der Waals surface area (Å²) in [7, 11) is 0. The van der Waals surface area contributed by atoms with Crippen molar-refractivity contribution in [2.45, 2.75) is 18.9 Å². The number of aromatic nitrogens is 2. The number of amides is 3. The van der Waals surface area contributed by atoms with Crippen molar-refractivity contribution in [3.05, 3.63) is 70.7 Å². The van der Waals surface area contributed by atoms with Crippen LogP contribution in [0.25, 0.3) is 0 Å². The van der Waals surface area contributed by atoms with E-state index in [1.165, 1.54) is 11.3 Å². The predicted molar refractivity (Wildman–Crippen MR) is 109 cm³/mol. The summed E-state index contributed by atoms with van der Waals surface area (Å²) in [6.07, 6.45) is 0.410. The molecule has 0 bridgehead atoms. The Labute approximate surface area is 170 Å². The molecule has 2 aromatic carbocycles. The van der Waals surface area contributed by atoms with E-state index in [4.69, 9.17) is 0 Å². The predicted octanol–water partition coefficient (Wildman–Crippen LogP) is 2.21. The van der Waals surface area contributed by atoms with Gasteiger partial charge in [-0.2, -0.15) is 0 Å². The van der Waals surface area contributed by atoms with E-state index in [2.05, 4.69) is 26.1 Å². The van der Waals surface area contributed by atoms with Crippen LogP contribution >= 0.6 is 11.3 Å². The number of para-hydroxylation sites is 1. The van der Waals surface area contributed by atoms with Crippen LogP contribution in [0.2, 0.25) is 0 Å². The number of fused-ring (bicyclic) bond motifs is 1. The van der Waals surface area contributed by atoms with Crippen molar-refractivity contribution in [2.75, 3.05) is 10.6 Å². The molecule has 3 N–H and O–H groups in total. The van der Waals surface area contributed by atoms with Gasteiger partial charge >= 0.3 is 0 Å². The molecule has 2 heterocycles. The number of nitrogens with zero attached hydrogens (tertiary/aromatic N) is 2. The van der Waals surface area contributed by atoms with Gasteiger partial charge in [0.2, 0.25) is 16.9 Å². The molecule has 0 aliphatic carbocycles. The fourth-order valence-electron chi connectivity index (χ4n) is 2.96. The largest absolute Gasteiger partial charge is 0.340 e. The topological polar surface area (TPSA) is 113 Å². The molecule has 1 atom stereocenters. The molecule has 0 fully saturated rings. The number of rotatable bonds is 5. The maximum Gasteiger partial charge on any atom is 0.254 e. The van der Waals surface area contributed by atoms with Gasteiger partial charge in [-0.1, -0.05) is 53.8 Å². The molecule has 0 spiro atoms. The van der Waals surface area contributed by atoms with Gasteiger partial charge in [-0.15, -0.1) is 10.2 Å². The van der Waals surface area contributed by atoms with Gasteiger partial charge in [0.05, 0.1) is 17.7 Å². The zero-order valence-electron chi connectivity index (χ0n) is 15.2. The van der Waals surface area contributed by atoms with Gasteiger partial charge in [-0.3, -0.25) is 14.4 Å². The highest BCUT2D eigenvalue weighted by Gasteiger charge is 2.29. The molecule has 4 rings (SSSR count). The second-order valence-corrected chi connectivity index (χ2v) is 7.54. The second-order valence-electron chi connectivity index (χ2n) is 6.48. The van der Waals surface area contributed by atoms with E-state index in [0.29, 0.717) is 22.8 Å². The average Bonchev–Trinajstić information content (AvgIpc) is 3.10. The van der Waals surface area contributed by atoms with Gasteiger partial charge < -0.3 is 16.0 Å². The number of carbonyl (C=O) groups excluding carboxylic acids is 3. The molecule has 0 saturated carbocycles. The summed E-state index contributed by atoms with van der Waals surface area (Å²) >= 11 is 1.27. The fraction of sp³-hybridized carbons (Fsp3) is 0.150. The standard InChI is InChI=1S/C20H17N5O3S/c26-16(23-20-25-24-17(29-20)10-12-6-2-1-3-7-12)11-15-19(28)21-14-9-5-4-8-13(14)18(27)22-15/h1-9,15H,10-11H2,(H,21,28)(H,22,27)(H,23,25,26). The van der Waals surface area contributed by atoms with Crippen LogP contribution in [0.3, 0.4) is 0 Å². The Morgan fingerprint density at radius 3 is 2.62 bits per heavy atom. The van der Waals surface area contributed by atoms with E-state index < -0.39 is 23.8 Å². The molecule has 9 heteroatoms. The fourth-order valence-corrected chi connectivity index (χ4v) is 3.75. The first-order valence-electron chi connectivity index (χ1n) is 8.95. The minimum atomic E-state index is -0.980. The lowest BCUT2D eigenvalue weighted by Crippen LogP contribution is -2.43. The first-order valence-corrected chi connectivity index (χ1v) is 9.77. The van der Waals surface area contributed by atoms with Crippen LogP contribution < -0.4 is 16.0 Å². The van der Waals surface area contributed by atoms with E-state index in [-0.39, 0.29) is 6.42 Å². The third kappa shape index (κ3) is 4.46. The normalized spacial score (nSPS) is 15.7. The Hall–Kier alpha value is -3.59. The van der Waals surface area contributed by atoms with Crippen LogP contribution in [0.15, 0.2) is 54.6 Å². The molecule has 0 radical (unpaired) electrons. The molecule has 3 aromatic rings. The van der Waals surface area contributed by atoms with Crippen molar-refractivity contribution in [1.82, 2.24) is 15.5 Å². The van der Waals surface area contributed by atoms with Crippen LogP contribution in [0.4, 0.5) is 10.8 Å².